The SMILES string of the molecule is Cc1cc(NC(=O)[C@@H](N)c2ccccc2)ccn1. The maximum absolute atomic E-state index is 12.0. The smallest absolute Gasteiger partial charge is 0.245 e. The monoisotopic (exact) mass is 241 g/mol. The normalized spacial score (nSPS) is 11.9. The van der Waals surface area contributed by atoms with Crippen molar-refractivity contribution in [2.45, 2.75) is 13.0 Å². The van der Waals surface area contributed by atoms with Crippen molar-refractivity contribution >= 4 is 11.6 Å². The highest BCUT2D eigenvalue weighted by atomic mass is 16.2. The molecule has 1 aromatic carbocycles. The Morgan fingerprint density at radius 3 is 2.67 bits per heavy atom. The topological polar surface area (TPSA) is 68.0 Å². The molecule has 0 saturated carbocycles. The number of nitrogens with one attached hydrogen (secondary N) is 1. The number of benzene rings is 1. The number of aromatic nitrogens is 1. The average molecular weight is 241 g/mol. The van der Waals surface area contributed by atoms with Crippen molar-refractivity contribution < 1.29 is 4.79 Å². The van der Waals surface area contributed by atoms with Crippen LogP contribution < -0.4 is 11.1 Å². The van der Waals surface area contributed by atoms with Crippen LogP contribution in [-0.2, 0) is 4.79 Å². The largest absolute Gasteiger partial charge is 0.324 e. The number of hydrogen-bond donors (Lipinski definition) is 2. The number of nitrogens with zero attached hydrogens (tertiary/aromatic N) is 1. The zero-order valence-corrected chi connectivity index (χ0v) is 10.1. The van der Waals surface area contributed by atoms with Crippen molar-refractivity contribution in [1.29, 1.82) is 0 Å². The number of carbonyl (C=O) groups excluding carboxylic acids is 1. The third-order valence-electron chi connectivity index (χ3n) is 2.61. The Bertz CT molecular complexity index is 540. The highest BCUT2D eigenvalue weighted by Gasteiger charge is 2.15. The molecule has 3 N–H and O–H groups in total. The minimum atomic E-state index is -0.667. The summed E-state index contributed by atoms with van der Waals surface area (Å²) in [6, 6.07) is 12.2. The average Bonchev–Trinajstić information content (AvgIpc) is 2.39. The summed E-state index contributed by atoms with van der Waals surface area (Å²) < 4.78 is 0. The van der Waals surface area contributed by atoms with Gasteiger partial charge < -0.3 is 11.1 Å². The summed E-state index contributed by atoms with van der Waals surface area (Å²) in [5.41, 5.74) is 8.24. The highest BCUT2D eigenvalue weighted by Crippen LogP contribution is 2.13. The molecule has 0 aliphatic carbocycles. The maximum atomic E-state index is 12.0. The number of amides is 1. The predicted octanol–water partition coefficient (Wildman–Crippen LogP) is 2.03. The van der Waals surface area contributed by atoms with Gasteiger partial charge in [-0.2, -0.15) is 0 Å². The summed E-state index contributed by atoms with van der Waals surface area (Å²) in [4.78, 5) is 16.0. The van der Waals surface area contributed by atoms with Gasteiger partial charge in [0.25, 0.3) is 0 Å². The van der Waals surface area contributed by atoms with Crippen LogP contribution in [0, 0.1) is 6.92 Å². The first kappa shape index (κ1) is 12.3. The van der Waals surface area contributed by atoms with Gasteiger partial charge in [0.15, 0.2) is 0 Å². The van der Waals surface area contributed by atoms with Crippen LogP contribution in [0.5, 0.6) is 0 Å². The van der Waals surface area contributed by atoms with Crippen LogP contribution in [0.2, 0.25) is 0 Å². The van der Waals surface area contributed by atoms with E-state index < -0.39 is 6.04 Å². The van der Waals surface area contributed by atoms with Crippen LogP contribution in [0.15, 0.2) is 48.7 Å². The lowest BCUT2D eigenvalue weighted by molar-refractivity contribution is -0.117. The van der Waals surface area contributed by atoms with Crippen molar-refractivity contribution in [1.82, 2.24) is 4.98 Å². The van der Waals surface area contributed by atoms with E-state index in [-0.39, 0.29) is 5.91 Å². The number of carbonyl (C=O) groups is 1. The number of rotatable bonds is 3. The Morgan fingerprint density at radius 2 is 2.00 bits per heavy atom. The van der Waals surface area contributed by atoms with Gasteiger partial charge in [0.05, 0.1) is 0 Å². The Morgan fingerprint density at radius 1 is 1.28 bits per heavy atom. The third-order valence-corrected chi connectivity index (χ3v) is 2.61. The van der Waals surface area contributed by atoms with Crippen molar-refractivity contribution in [3.8, 4) is 0 Å². The summed E-state index contributed by atoms with van der Waals surface area (Å²) in [6.07, 6.45) is 1.65. The molecule has 0 aliphatic heterocycles. The first-order chi connectivity index (χ1) is 8.66. The van der Waals surface area contributed by atoms with Crippen molar-refractivity contribution in [3.63, 3.8) is 0 Å². The fourth-order valence-electron chi connectivity index (χ4n) is 1.66. The molecule has 92 valence electrons. The second-order valence-corrected chi connectivity index (χ2v) is 4.06. The van der Waals surface area contributed by atoms with Gasteiger partial charge in [-0.3, -0.25) is 9.78 Å². The Kier molecular flexibility index (Phi) is 3.69. The van der Waals surface area contributed by atoms with Gasteiger partial charge in [-0.25, -0.2) is 0 Å². The van der Waals surface area contributed by atoms with Crippen molar-refractivity contribution in [3.05, 3.63) is 59.9 Å². The molecule has 18 heavy (non-hydrogen) atoms. The van der Waals surface area contributed by atoms with Gasteiger partial charge in [-0.05, 0) is 24.6 Å². The third kappa shape index (κ3) is 2.93. The number of pyridine rings is 1. The molecule has 1 atom stereocenters. The van der Waals surface area contributed by atoms with E-state index in [9.17, 15) is 4.79 Å². The number of aryl methyl sites for hydroxylation is 1. The van der Waals surface area contributed by atoms with Gasteiger partial charge >= 0.3 is 0 Å². The van der Waals surface area contributed by atoms with Crippen LogP contribution >= 0.6 is 0 Å². The van der Waals surface area contributed by atoms with Gasteiger partial charge in [0.2, 0.25) is 5.91 Å². The summed E-state index contributed by atoms with van der Waals surface area (Å²) in [5, 5.41) is 2.78. The van der Waals surface area contributed by atoms with E-state index in [1.165, 1.54) is 0 Å². The molecule has 2 rings (SSSR count). The van der Waals surface area contributed by atoms with Gasteiger partial charge in [0.1, 0.15) is 6.04 Å². The lowest BCUT2D eigenvalue weighted by Crippen LogP contribution is -2.27. The first-order valence-corrected chi connectivity index (χ1v) is 5.71. The minimum Gasteiger partial charge on any atom is -0.324 e. The quantitative estimate of drug-likeness (QED) is 0.864. The van der Waals surface area contributed by atoms with E-state index in [1.807, 2.05) is 37.3 Å². The Balaban J connectivity index is 2.09. The van der Waals surface area contributed by atoms with E-state index >= 15 is 0 Å². The summed E-state index contributed by atoms with van der Waals surface area (Å²) in [5.74, 6) is -0.230. The molecule has 4 nitrogen and oxygen atoms in total. The summed E-state index contributed by atoms with van der Waals surface area (Å²) in [6.45, 7) is 1.87. The van der Waals surface area contributed by atoms with E-state index in [1.54, 1.807) is 18.3 Å². The Hall–Kier alpha value is -2.20. The molecular formula is C14H15N3O. The maximum Gasteiger partial charge on any atom is 0.245 e. The second kappa shape index (κ2) is 5.42. The molecular weight excluding hydrogens is 226 g/mol. The number of nitrogens with two attached hydrogens (primary N) is 1. The first-order valence-electron chi connectivity index (χ1n) is 5.71. The fourth-order valence-corrected chi connectivity index (χ4v) is 1.66. The summed E-state index contributed by atoms with van der Waals surface area (Å²) in [7, 11) is 0. The number of hydrogen-bond acceptors (Lipinski definition) is 3. The molecule has 1 aromatic heterocycles. The van der Waals surface area contributed by atoms with Crippen molar-refractivity contribution in [2.75, 3.05) is 5.32 Å². The van der Waals surface area contributed by atoms with E-state index in [0.717, 1.165) is 11.3 Å². The molecule has 0 aliphatic rings. The van der Waals surface area contributed by atoms with Gasteiger partial charge in [0, 0.05) is 17.6 Å². The zero-order chi connectivity index (χ0) is 13.0. The second-order valence-electron chi connectivity index (χ2n) is 4.06. The predicted molar refractivity (Wildman–Crippen MR) is 71.0 cm³/mol. The fraction of sp³-hybridized carbons (Fsp3) is 0.143. The molecule has 4 heteroatoms. The molecule has 0 unspecified atom stereocenters. The van der Waals surface area contributed by atoms with Crippen molar-refractivity contribution in [2.24, 2.45) is 5.73 Å². The van der Waals surface area contributed by atoms with Gasteiger partial charge in [-0.1, -0.05) is 30.3 Å². The van der Waals surface area contributed by atoms with Crippen LogP contribution in [0.3, 0.4) is 0 Å². The molecule has 0 spiro atoms. The minimum absolute atomic E-state index is 0.230. The zero-order valence-electron chi connectivity index (χ0n) is 10.1. The molecule has 0 saturated heterocycles. The highest BCUT2D eigenvalue weighted by molar-refractivity contribution is 5.95. The molecule has 0 bridgehead atoms. The van der Waals surface area contributed by atoms with Crippen LogP contribution in [0.4, 0.5) is 5.69 Å². The summed E-state index contributed by atoms with van der Waals surface area (Å²) >= 11 is 0. The standard InChI is InChI=1S/C14H15N3O/c1-10-9-12(7-8-16-10)17-14(18)13(15)11-5-3-2-4-6-11/h2-9,13H,15H2,1H3,(H,16,17,18)/t13-/m0/s1. The molecule has 0 fully saturated rings. The van der Waals surface area contributed by atoms with E-state index in [0.29, 0.717) is 5.69 Å². The molecule has 1 heterocycles. The molecule has 0 radical (unpaired) electrons. The van der Waals surface area contributed by atoms with Crippen LogP contribution in [0.1, 0.15) is 17.3 Å². The molecule has 2 aromatic rings. The van der Waals surface area contributed by atoms with E-state index in [2.05, 4.69) is 10.3 Å². The Labute approximate surface area is 106 Å². The van der Waals surface area contributed by atoms with Crippen LogP contribution in [0.25, 0.3) is 0 Å². The van der Waals surface area contributed by atoms with Crippen LogP contribution in [-0.4, -0.2) is 10.9 Å². The van der Waals surface area contributed by atoms with Gasteiger partial charge in [-0.15, -0.1) is 0 Å². The number of anilines is 1. The lowest BCUT2D eigenvalue weighted by Gasteiger charge is -2.12. The lowest BCUT2D eigenvalue weighted by atomic mass is 10.1. The molecule has 1 amide bonds. The van der Waals surface area contributed by atoms with E-state index in [4.69, 9.17) is 5.73 Å².